The standard InChI is InChI=1S/C49H53F4N11O8/c1-27-25-63(26-28(2)60(27)3)38-22-34(50)31(20-36(38)58-45(69)32-24-57-42(67)21-33(32)49(51,52)53)29-8-10-39(56-23-29)61-16-18-62(19-17-61)43(68)13-12-40(65)55-15-5-14-54-35-7-4-6-30-44(35)48(72)64(47(30)71)37-9-11-41(66)59-46(37)70/h4,6-8,10,20-24,27-28,37,54H,5,9,11-19,25-26H2,1-3H3,(H,55,65)(H,57,67)(H,58,69)(H,59,66,70)/t27-,28+,37?. The predicted octanol–water partition coefficient (Wildman–Crippen LogP) is 3.82. The number of carbonyl (C=O) groups excluding carboxylic acids is 7. The molecule has 6 heterocycles. The van der Waals surface area contributed by atoms with E-state index in [1.165, 1.54) is 24.4 Å². The number of imide groups is 2. The molecule has 0 spiro atoms. The lowest BCUT2D eigenvalue weighted by Crippen LogP contribution is -2.55. The van der Waals surface area contributed by atoms with E-state index in [2.05, 4.69) is 36.1 Å². The molecule has 2 aromatic carbocycles. The molecule has 0 saturated carbocycles. The van der Waals surface area contributed by atoms with Crippen molar-refractivity contribution in [2.45, 2.75) is 70.3 Å². The first-order valence-corrected chi connectivity index (χ1v) is 23.5. The number of anilines is 4. The number of nitrogens with zero attached hydrogens (tertiary/aromatic N) is 6. The van der Waals surface area contributed by atoms with E-state index in [1.807, 2.05) is 30.7 Å². The molecule has 3 fully saturated rings. The van der Waals surface area contributed by atoms with Crippen molar-refractivity contribution in [1.82, 2.24) is 35.3 Å². The van der Waals surface area contributed by atoms with Gasteiger partial charge in [0.2, 0.25) is 29.2 Å². The van der Waals surface area contributed by atoms with Crippen LogP contribution in [-0.4, -0.2) is 144 Å². The van der Waals surface area contributed by atoms with Crippen LogP contribution in [0.1, 0.15) is 82.6 Å². The molecular weight excluding hydrogens is 947 g/mol. The molecule has 380 valence electrons. The van der Waals surface area contributed by atoms with Crippen LogP contribution in [0.2, 0.25) is 0 Å². The normalized spacial score (nSPS) is 19.6. The van der Waals surface area contributed by atoms with Crippen molar-refractivity contribution in [1.29, 1.82) is 0 Å². The maximum atomic E-state index is 16.2. The number of amides is 7. The minimum Gasteiger partial charge on any atom is -0.384 e. The number of piperidine rings is 1. The van der Waals surface area contributed by atoms with E-state index in [1.54, 1.807) is 29.2 Å². The molecule has 3 saturated heterocycles. The maximum absolute atomic E-state index is 16.2. The Morgan fingerprint density at radius 1 is 0.847 bits per heavy atom. The second kappa shape index (κ2) is 21.0. The highest BCUT2D eigenvalue weighted by Crippen LogP contribution is 2.38. The van der Waals surface area contributed by atoms with Crippen molar-refractivity contribution in [3.8, 4) is 11.1 Å². The van der Waals surface area contributed by atoms with Crippen LogP contribution in [-0.2, 0) is 25.4 Å². The molecule has 72 heavy (non-hydrogen) atoms. The van der Waals surface area contributed by atoms with Gasteiger partial charge in [-0.3, -0.25) is 53.5 Å². The monoisotopic (exact) mass is 999 g/mol. The number of aromatic amines is 1. The molecule has 19 nitrogen and oxygen atoms in total. The molecule has 4 aliphatic rings. The highest BCUT2D eigenvalue weighted by Gasteiger charge is 2.46. The number of hydrogen-bond donors (Lipinski definition) is 5. The molecule has 2 aromatic heterocycles. The van der Waals surface area contributed by atoms with Gasteiger partial charge < -0.3 is 35.6 Å². The van der Waals surface area contributed by atoms with E-state index in [-0.39, 0.29) is 84.2 Å². The predicted molar refractivity (Wildman–Crippen MR) is 256 cm³/mol. The Labute approximate surface area is 410 Å². The van der Waals surface area contributed by atoms with Crippen LogP contribution < -0.4 is 36.6 Å². The fraction of sp³-hybridized carbons (Fsp3) is 0.408. The molecule has 5 N–H and O–H groups in total. The highest BCUT2D eigenvalue weighted by atomic mass is 19.4. The van der Waals surface area contributed by atoms with Gasteiger partial charge in [0.25, 0.3) is 17.7 Å². The number of aromatic nitrogens is 2. The third-order valence-corrected chi connectivity index (χ3v) is 13.5. The van der Waals surface area contributed by atoms with Gasteiger partial charge >= 0.3 is 6.18 Å². The summed E-state index contributed by atoms with van der Waals surface area (Å²) in [5.74, 6) is -4.18. The van der Waals surface area contributed by atoms with Crippen LogP contribution in [0.25, 0.3) is 11.1 Å². The van der Waals surface area contributed by atoms with Gasteiger partial charge in [-0.2, -0.15) is 13.2 Å². The van der Waals surface area contributed by atoms with Crippen LogP contribution in [0.4, 0.5) is 40.4 Å². The molecule has 23 heteroatoms. The number of H-pyrrole nitrogens is 1. The Bertz CT molecular complexity index is 2860. The molecular formula is C49H53F4N11O8. The van der Waals surface area contributed by atoms with Crippen molar-refractivity contribution >= 4 is 64.2 Å². The zero-order valence-corrected chi connectivity index (χ0v) is 39.7. The number of carbonyl (C=O) groups is 7. The molecule has 4 aromatic rings. The second-order valence-electron chi connectivity index (χ2n) is 18.3. The Kier molecular flexibility index (Phi) is 14.8. The zero-order valence-electron chi connectivity index (χ0n) is 39.7. The van der Waals surface area contributed by atoms with E-state index in [0.717, 1.165) is 4.90 Å². The van der Waals surface area contributed by atoms with Crippen LogP contribution in [0.5, 0.6) is 0 Å². The number of alkyl halides is 3. The number of nitrogens with one attached hydrogen (secondary N) is 5. The summed E-state index contributed by atoms with van der Waals surface area (Å²) in [5, 5.41) is 10.7. The van der Waals surface area contributed by atoms with E-state index < -0.39 is 64.3 Å². The van der Waals surface area contributed by atoms with E-state index in [4.69, 9.17) is 0 Å². The molecule has 8 rings (SSSR count). The number of benzene rings is 2. The van der Waals surface area contributed by atoms with Crippen molar-refractivity contribution in [3.05, 3.63) is 99.3 Å². The summed E-state index contributed by atoms with van der Waals surface area (Å²) in [6.45, 7) is 6.99. The lowest BCUT2D eigenvalue weighted by molar-refractivity contribution is -0.138. The number of piperazine rings is 2. The summed E-state index contributed by atoms with van der Waals surface area (Å²) in [6.07, 6.45) is -2.40. The summed E-state index contributed by atoms with van der Waals surface area (Å²) in [7, 11) is 1.96. The van der Waals surface area contributed by atoms with Crippen LogP contribution in [0.3, 0.4) is 0 Å². The van der Waals surface area contributed by atoms with Crippen LogP contribution in [0.15, 0.2) is 65.7 Å². The molecule has 1 unspecified atom stereocenters. The van der Waals surface area contributed by atoms with Gasteiger partial charge in [0, 0.05) is 119 Å². The Balaban J connectivity index is 0.824. The third kappa shape index (κ3) is 10.8. The first kappa shape index (κ1) is 50.7. The average molecular weight is 1000 g/mol. The topological polar surface area (TPSA) is 230 Å². The van der Waals surface area contributed by atoms with Crippen molar-refractivity contribution in [2.24, 2.45) is 0 Å². The lowest BCUT2D eigenvalue weighted by atomic mass is 10.0. The number of halogens is 4. The molecule has 4 aliphatic heterocycles. The summed E-state index contributed by atoms with van der Waals surface area (Å²) in [5.41, 5.74) is -1.89. The molecule has 7 amide bonds. The summed E-state index contributed by atoms with van der Waals surface area (Å²) in [6, 6.07) is 9.95. The Morgan fingerprint density at radius 3 is 2.26 bits per heavy atom. The molecule has 0 aliphatic carbocycles. The fourth-order valence-corrected chi connectivity index (χ4v) is 9.42. The van der Waals surface area contributed by atoms with Gasteiger partial charge in [-0.1, -0.05) is 6.07 Å². The molecule has 0 bridgehead atoms. The van der Waals surface area contributed by atoms with Crippen molar-refractivity contribution in [2.75, 3.05) is 79.8 Å². The first-order valence-electron chi connectivity index (χ1n) is 23.5. The van der Waals surface area contributed by atoms with Crippen molar-refractivity contribution < 1.29 is 51.1 Å². The van der Waals surface area contributed by atoms with Crippen molar-refractivity contribution in [3.63, 3.8) is 0 Å². The van der Waals surface area contributed by atoms with Gasteiger partial charge in [0.15, 0.2) is 0 Å². The van der Waals surface area contributed by atoms with Gasteiger partial charge in [-0.05, 0) is 70.1 Å². The Hall–Kier alpha value is -7.69. The minimum atomic E-state index is -5.00. The maximum Gasteiger partial charge on any atom is 0.417 e. The van der Waals surface area contributed by atoms with Crippen LogP contribution in [0, 0.1) is 5.82 Å². The number of rotatable bonds is 14. The summed E-state index contributed by atoms with van der Waals surface area (Å²) < 4.78 is 58.0. The van der Waals surface area contributed by atoms with Gasteiger partial charge in [-0.25, -0.2) is 9.37 Å². The average Bonchev–Trinajstić information content (AvgIpc) is 3.60. The van der Waals surface area contributed by atoms with Gasteiger partial charge in [-0.15, -0.1) is 0 Å². The third-order valence-electron chi connectivity index (χ3n) is 13.5. The number of hydrogen-bond acceptors (Lipinski definition) is 13. The SMILES string of the molecule is C[C@@H]1CN(c2cc(F)c(-c3ccc(N4CCN(C(=O)CCC(=O)NCCCNc5cccc6c5C(=O)N(C5CCC(=O)NC5=O)C6=O)CC4)nc3)cc2NC(=O)c2c[nH]c(=O)cc2C(F)(F)F)C[C@H](C)N1C. The molecule has 0 radical (unpaired) electrons. The van der Waals surface area contributed by atoms with Gasteiger partial charge in [0.1, 0.15) is 17.7 Å². The summed E-state index contributed by atoms with van der Waals surface area (Å²) >= 11 is 0. The number of likely N-dealkylation sites (N-methyl/N-ethyl adjacent to an activating group) is 1. The second-order valence-corrected chi connectivity index (χ2v) is 18.3. The summed E-state index contributed by atoms with van der Waals surface area (Å²) in [4.78, 5) is 117. The quantitative estimate of drug-likeness (QED) is 0.0689. The van der Waals surface area contributed by atoms with Crippen LogP contribution >= 0.6 is 0 Å². The smallest absolute Gasteiger partial charge is 0.384 e. The molecule has 3 atom stereocenters. The minimum absolute atomic E-state index is 0.00865. The van der Waals surface area contributed by atoms with E-state index >= 15 is 4.39 Å². The fourth-order valence-electron chi connectivity index (χ4n) is 9.42. The van der Waals surface area contributed by atoms with E-state index in [9.17, 15) is 51.5 Å². The number of pyridine rings is 2. The van der Waals surface area contributed by atoms with E-state index in [0.29, 0.717) is 81.6 Å². The number of fused-ring (bicyclic) bond motifs is 1. The Morgan fingerprint density at radius 2 is 1.58 bits per heavy atom. The first-order chi connectivity index (χ1) is 34.3. The van der Waals surface area contributed by atoms with Gasteiger partial charge in [0.05, 0.1) is 33.6 Å². The largest absolute Gasteiger partial charge is 0.417 e. The highest BCUT2D eigenvalue weighted by molar-refractivity contribution is 6.25. The lowest BCUT2D eigenvalue weighted by Gasteiger charge is -2.44. The zero-order chi connectivity index (χ0) is 51.6.